The maximum absolute atomic E-state index is 11.1. The Labute approximate surface area is 104 Å². The monoisotopic (exact) mass is 250 g/mol. The highest BCUT2D eigenvalue weighted by Gasteiger charge is 2.36. The van der Waals surface area contributed by atoms with Crippen LogP contribution >= 0.6 is 0 Å². The first-order valence-electron chi connectivity index (χ1n) is 5.57. The van der Waals surface area contributed by atoms with Gasteiger partial charge in [-0.1, -0.05) is 30.3 Å². The molecule has 0 saturated carbocycles. The number of hydrogen-bond acceptors (Lipinski definition) is 5. The van der Waals surface area contributed by atoms with Gasteiger partial charge in [-0.3, -0.25) is 0 Å². The van der Waals surface area contributed by atoms with Gasteiger partial charge in [-0.25, -0.2) is 4.79 Å². The van der Waals surface area contributed by atoms with E-state index in [1.54, 1.807) is 30.3 Å². The summed E-state index contributed by atoms with van der Waals surface area (Å²) in [5.74, 6) is -0.649. The Morgan fingerprint density at radius 2 is 1.83 bits per heavy atom. The Morgan fingerprint density at radius 1 is 1.17 bits per heavy atom. The highest BCUT2D eigenvalue weighted by atomic mass is 16.6. The zero-order valence-electron chi connectivity index (χ0n) is 9.51. The van der Waals surface area contributed by atoms with Crippen molar-refractivity contribution in [1.82, 2.24) is 0 Å². The van der Waals surface area contributed by atoms with E-state index in [4.69, 9.17) is 4.74 Å². The van der Waals surface area contributed by atoms with Gasteiger partial charge < -0.3 is 20.1 Å². The first kappa shape index (κ1) is 12.8. The molecule has 4 atom stereocenters. The summed E-state index contributed by atoms with van der Waals surface area (Å²) in [6.07, 6.45) is -2.60. The van der Waals surface area contributed by atoms with E-state index < -0.39 is 30.4 Å². The quantitative estimate of drug-likeness (QED) is 0.653. The lowest BCUT2D eigenvalue weighted by molar-refractivity contribution is -0.166. The van der Waals surface area contributed by atoms with Gasteiger partial charge in [-0.2, -0.15) is 0 Å². The van der Waals surface area contributed by atoms with Crippen LogP contribution in [0.25, 0.3) is 0 Å². The molecule has 0 saturated heterocycles. The molecule has 1 aliphatic rings. The molecule has 0 amide bonds. The summed E-state index contributed by atoms with van der Waals surface area (Å²) in [6, 6.07) is 8.49. The average Bonchev–Trinajstić information content (AvgIpc) is 2.41. The maximum atomic E-state index is 11.1. The Hall–Kier alpha value is -1.69. The van der Waals surface area contributed by atoms with Crippen LogP contribution in [0.2, 0.25) is 0 Å². The lowest BCUT2D eigenvalue weighted by Gasteiger charge is -2.30. The number of carbonyl (C=O) groups excluding carboxylic acids is 1. The van der Waals surface area contributed by atoms with Gasteiger partial charge in [0.1, 0.15) is 18.3 Å². The summed E-state index contributed by atoms with van der Waals surface area (Å²) in [4.78, 5) is 11.1. The van der Waals surface area contributed by atoms with Gasteiger partial charge in [0.15, 0.2) is 6.10 Å². The van der Waals surface area contributed by atoms with Crippen LogP contribution in [0.5, 0.6) is 0 Å². The summed E-state index contributed by atoms with van der Waals surface area (Å²) in [5.41, 5.74) is 0.489. The molecule has 1 aliphatic heterocycles. The van der Waals surface area contributed by atoms with Gasteiger partial charge in [0.2, 0.25) is 0 Å². The molecule has 0 spiro atoms. The van der Waals surface area contributed by atoms with Crippen LogP contribution < -0.4 is 0 Å². The van der Waals surface area contributed by atoms with Gasteiger partial charge >= 0.3 is 5.97 Å². The van der Waals surface area contributed by atoms with Crippen molar-refractivity contribution in [2.75, 3.05) is 0 Å². The average molecular weight is 250 g/mol. The molecule has 0 unspecified atom stereocenters. The van der Waals surface area contributed by atoms with Crippen LogP contribution in [-0.4, -0.2) is 39.6 Å². The molecule has 0 radical (unpaired) electrons. The van der Waals surface area contributed by atoms with E-state index in [1.165, 1.54) is 6.08 Å². The summed E-state index contributed by atoms with van der Waals surface area (Å²) in [5, 5.41) is 29.5. The number of rotatable bonds is 3. The molecule has 3 N–H and O–H groups in total. The predicted octanol–water partition coefficient (Wildman–Crippen LogP) is -0.0766. The molecule has 5 nitrogen and oxygen atoms in total. The van der Waals surface area contributed by atoms with Crippen molar-refractivity contribution in [1.29, 1.82) is 0 Å². The van der Waals surface area contributed by atoms with Crippen molar-refractivity contribution < 1.29 is 24.9 Å². The molecule has 1 aromatic carbocycles. The topological polar surface area (TPSA) is 87.0 Å². The molecule has 1 aromatic rings. The SMILES string of the molecule is O=C1C=C[C@@H](O)[C@@H]([C@H](O)[C@@H](O)c2ccccc2)O1. The number of carbonyl (C=O) groups is 1. The van der Waals surface area contributed by atoms with Crippen LogP contribution in [0.1, 0.15) is 11.7 Å². The number of esters is 1. The maximum Gasteiger partial charge on any atom is 0.330 e. The third-order valence-electron chi connectivity index (χ3n) is 2.82. The summed E-state index contributed by atoms with van der Waals surface area (Å²) < 4.78 is 4.82. The smallest absolute Gasteiger partial charge is 0.330 e. The molecule has 96 valence electrons. The van der Waals surface area contributed by atoms with Crippen molar-refractivity contribution in [3.05, 3.63) is 48.0 Å². The van der Waals surface area contributed by atoms with E-state index in [1.807, 2.05) is 0 Å². The van der Waals surface area contributed by atoms with Crippen LogP contribution in [0.15, 0.2) is 42.5 Å². The molecule has 0 bridgehead atoms. The molecular formula is C13H14O5. The van der Waals surface area contributed by atoms with E-state index in [2.05, 4.69) is 0 Å². The Morgan fingerprint density at radius 3 is 2.50 bits per heavy atom. The number of aliphatic hydroxyl groups excluding tert-OH is 3. The summed E-state index contributed by atoms with van der Waals surface area (Å²) in [7, 11) is 0. The largest absolute Gasteiger partial charge is 0.453 e. The van der Waals surface area contributed by atoms with Crippen LogP contribution in [0.3, 0.4) is 0 Å². The fraction of sp³-hybridized carbons (Fsp3) is 0.308. The van der Waals surface area contributed by atoms with E-state index in [0.717, 1.165) is 6.08 Å². The fourth-order valence-electron chi connectivity index (χ4n) is 1.83. The Balaban J connectivity index is 2.14. The van der Waals surface area contributed by atoms with Crippen molar-refractivity contribution >= 4 is 5.97 Å². The number of ether oxygens (including phenoxy) is 1. The van der Waals surface area contributed by atoms with Crippen molar-refractivity contribution in [2.45, 2.75) is 24.4 Å². The first-order chi connectivity index (χ1) is 8.59. The number of aliphatic hydroxyl groups is 3. The number of benzene rings is 1. The minimum atomic E-state index is -1.39. The van der Waals surface area contributed by atoms with Gasteiger partial charge in [-0.15, -0.1) is 0 Å². The molecule has 0 aromatic heterocycles. The molecule has 0 aliphatic carbocycles. The van der Waals surface area contributed by atoms with Crippen LogP contribution in [-0.2, 0) is 9.53 Å². The molecule has 18 heavy (non-hydrogen) atoms. The van der Waals surface area contributed by atoms with E-state index in [0.29, 0.717) is 5.56 Å². The normalized spacial score (nSPS) is 26.5. The molecule has 5 heteroatoms. The summed E-state index contributed by atoms with van der Waals surface area (Å²) >= 11 is 0. The molecule has 1 heterocycles. The highest BCUT2D eigenvalue weighted by Crippen LogP contribution is 2.23. The van der Waals surface area contributed by atoms with Crippen molar-refractivity contribution in [3.63, 3.8) is 0 Å². The van der Waals surface area contributed by atoms with Crippen molar-refractivity contribution in [3.8, 4) is 0 Å². The zero-order chi connectivity index (χ0) is 13.1. The third kappa shape index (κ3) is 2.59. The molecule has 2 rings (SSSR count). The third-order valence-corrected chi connectivity index (χ3v) is 2.82. The second-order valence-corrected chi connectivity index (χ2v) is 4.10. The van der Waals surface area contributed by atoms with E-state index in [-0.39, 0.29) is 0 Å². The molecule has 0 fully saturated rings. The van der Waals surface area contributed by atoms with Gasteiger partial charge in [-0.05, 0) is 11.6 Å². The van der Waals surface area contributed by atoms with Crippen LogP contribution in [0.4, 0.5) is 0 Å². The van der Waals surface area contributed by atoms with Crippen molar-refractivity contribution in [2.24, 2.45) is 0 Å². The van der Waals surface area contributed by atoms with Crippen LogP contribution in [0, 0.1) is 0 Å². The van der Waals surface area contributed by atoms with Gasteiger partial charge in [0, 0.05) is 6.08 Å². The number of hydrogen-bond donors (Lipinski definition) is 3. The second-order valence-electron chi connectivity index (χ2n) is 4.10. The van der Waals surface area contributed by atoms with E-state index >= 15 is 0 Å². The lowest BCUT2D eigenvalue weighted by Crippen LogP contribution is -2.45. The second kappa shape index (κ2) is 5.30. The van der Waals surface area contributed by atoms with E-state index in [9.17, 15) is 20.1 Å². The van der Waals surface area contributed by atoms with Gasteiger partial charge in [0.25, 0.3) is 0 Å². The minimum absolute atomic E-state index is 0.489. The Kier molecular flexibility index (Phi) is 3.76. The Bertz CT molecular complexity index is 442. The fourth-order valence-corrected chi connectivity index (χ4v) is 1.83. The number of cyclic esters (lactones) is 1. The predicted molar refractivity (Wildman–Crippen MR) is 62.4 cm³/mol. The lowest BCUT2D eigenvalue weighted by atomic mass is 9.96. The standard InChI is InChI=1S/C13H14O5/c14-9-6-7-10(15)18-13(9)12(17)11(16)8-4-2-1-3-5-8/h1-7,9,11-14,16-17H/t9-,11+,12-,13+/m1/s1. The zero-order valence-corrected chi connectivity index (χ0v) is 9.51. The molecular weight excluding hydrogens is 236 g/mol. The first-order valence-corrected chi connectivity index (χ1v) is 5.57. The minimum Gasteiger partial charge on any atom is -0.453 e. The summed E-state index contributed by atoms with van der Waals surface area (Å²) in [6.45, 7) is 0. The van der Waals surface area contributed by atoms with Gasteiger partial charge in [0.05, 0.1) is 0 Å². The highest BCUT2D eigenvalue weighted by molar-refractivity contribution is 5.83.